The molecule has 51 heavy (non-hydrogen) atoms. The minimum absolute atomic E-state index is 0. The van der Waals surface area contributed by atoms with Gasteiger partial charge in [-0.1, -0.05) is 6.92 Å². The van der Waals surface area contributed by atoms with Crippen molar-refractivity contribution in [2.45, 2.75) is 65.1 Å². The van der Waals surface area contributed by atoms with E-state index in [0.717, 1.165) is 28.3 Å². The summed E-state index contributed by atoms with van der Waals surface area (Å²) < 4.78 is 205. The van der Waals surface area contributed by atoms with Gasteiger partial charge in [-0.25, -0.2) is 52.7 Å². The molecule has 7 nitrogen and oxygen atoms in total. The molecule has 0 amide bonds. The maximum absolute atomic E-state index is 14.8. The van der Waals surface area contributed by atoms with Crippen LogP contribution in [0, 0.1) is 69.8 Å². The normalized spacial score (nSPS) is 12.4. The molecule has 3 aromatic rings. The predicted molar refractivity (Wildman–Crippen MR) is 144 cm³/mol. The molecule has 1 unspecified atom stereocenters. The maximum atomic E-state index is 14.8. The average molecular weight is 832 g/mol. The van der Waals surface area contributed by atoms with Crippen LogP contribution in [0.1, 0.15) is 46.7 Å². The smallest absolute Gasteiger partial charge is 0.308 e. The van der Waals surface area contributed by atoms with Gasteiger partial charge in [0.15, 0.2) is 69.8 Å². The monoisotopic (exact) mass is 830 g/mol. The number of rotatable bonds is 17. The molecule has 0 aliphatic carbocycles. The van der Waals surface area contributed by atoms with Gasteiger partial charge >= 0.3 is 5.97 Å². The molecule has 3 aromatic carbocycles. The first-order valence-electron chi connectivity index (χ1n) is 14.1. The van der Waals surface area contributed by atoms with Gasteiger partial charge in [0.1, 0.15) is 6.10 Å². The zero-order chi connectivity index (χ0) is 37.7. The second-order valence-corrected chi connectivity index (χ2v) is 10.4. The van der Waals surface area contributed by atoms with Crippen molar-refractivity contribution in [2.24, 2.45) is 0 Å². The van der Waals surface area contributed by atoms with Crippen molar-refractivity contribution in [1.29, 1.82) is 0 Å². The van der Waals surface area contributed by atoms with Gasteiger partial charge in [0, 0.05) is 47.5 Å². The van der Waals surface area contributed by atoms with Crippen LogP contribution in [-0.4, -0.2) is 38.5 Å². The van der Waals surface area contributed by atoms with E-state index in [9.17, 15) is 57.8 Å². The average Bonchev–Trinajstić information content (AvgIpc) is 3.09. The Morgan fingerprint density at radius 3 is 0.863 bits per heavy atom. The molecule has 0 saturated carbocycles. The fourth-order valence-electron chi connectivity index (χ4n) is 4.60. The Labute approximate surface area is 301 Å². The van der Waals surface area contributed by atoms with Gasteiger partial charge in [-0.2, -0.15) is 0 Å². The van der Waals surface area contributed by atoms with E-state index < -0.39 is 161 Å². The van der Waals surface area contributed by atoms with Crippen molar-refractivity contribution in [1.82, 2.24) is 0 Å². The minimum Gasteiger partial charge on any atom is -0.380 e. The predicted octanol–water partition coefficient (Wildman–Crippen LogP) is 7.17. The van der Waals surface area contributed by atoms with E-state index in [1.165, 1.54) is 0 Å². The first-order valence-corrected chi connectivity index (χ1v) is 14.1. The molecule has 0 fully saturated rings. The Morgan fingerprint density at radius 2 is 0.647 bits per heavy atom. The van der Waals surface area contributed by atoms with Crippen LogP contribution in [0.3, 0.4) is 0 Å². The molecule has 20 heteroatoms. The van der Waals surface area contributed by atoms with Crippen molar-refractivity contribution < 1.29 is 112 Å². The Balaban J connectivity index is 0.00000901. The molecule has 0 saturated heterocycles. The molecule has 1 atom stereocenters. The third-order valence-corrected chi connectivity index (χ3v) is 7.25. The molecule has 0 radical (unpaired) electrons. The summed E-state index contributed by atoms with van der Waals surface area (Å²) in [4.78, 5) is 0. The molecule has 3 rings (SSSR count). The molecule has 0 aromatic heterocycles. The Morgan fingerprint density at radius 1 is 0.431 bits per heavy atom. The molecule has 0 aliphatic rings. The van der Waals surface area contributed by atoms with Crippen LogP contribution in [0.25, 0.3) is 0 Å². The first-order chi connectivity index (χ1) is 23.5. The summed E-state index contributed by atoms with van der Waals surface area (Å²) >= 11 is 0. The zero-order valence-electron chi connectivity index (χ0n) is 27.0. The number of methoxy groups -OCH3 is 3. The number of benzene rings is 3. The standard InChI is InChI=1S/C31H28F12O7.Zr/c1-5-18(48-9-15-25(38)19(32)12(6-45-2)20(33)26(15)39)31(44,49-10-16-27(40)21(34)13(7-46-3)22(35)28(16)41)50-11-17-29(42)23(36)14(8-47-4)24(37)30(17)43;/h18,44H,5-11H2,1-4H3;. The van der Waals surface area contributed by atoms with Crippen molar-refractivity contribution >= 4 is 0 Å². The molecule has 282 valence electrons. The van der Waals surface area contributed by atoms with Gasteiger partial charge < -0.3 is 33.5 Å². The Bertz CT molecular complexity index is 1550. The number of hydrogen-bond acceptors (Lipinski definition) is 7. The summed E-state index contributed by atoms with van der Waals surface area (Å²) in [7, 11) is 2.88. The molecule has 1 N–H and O–H groups in total. The van der Waals surface area contributed by atoms with E-state index in [4.69, 9.17) is 14.2 Å². The maximum Gasteiger partial charge on any atom is 0.308 e. The largest absolute Gasteiger partial charge is 0.380 e. The summed E-state index contributed by atoms with van der Waals surface area (Å²) in [6, 6.07) is 0. The van der Waals surface area contributed by atoms with Crippen LogP contribution in [-0.2, 0) is 94.3 Å². The van der Waals surface area contributed by atoms with Gasteiger partial charge in [-0.3, -0.25) is 0 Å². The van der Waals surface area contributed by atoms with Crippen LogP contribution in [0.15, 0.2) is 0 Å². The van der Waals surface area contributed by atoms with Gasteiger partial charge in [0.2, 0.25) is 0 Å². The Kier molecular flexibility index (Phi) is 16.6. The zero-order valence-corrected chi connectivity index (χ0v) is 29.4. The first kappa shape index (κ1) is 44.6. The fraction of sp³-hybridized carbons (Fsp3) is 0.419. The summed E-state index contributed by atoms with van der Waals surface area (Å²) in [5.74, 6) is -27.4. The quantitative estimate of drug-likeness (QED) is 0.0880. The van der Waals surface area contributed by atoms with Gasteiger partial charge in [0.25, 0.3) is 0 Å². The van der Waals surface area contributed by atoms with E-state index in [2.05, 4.69) is 14.2 Å². The van der Waals surface area contributed by atoms with Crippen molar-refractivity contribution in [3.8, 4) is 0 Å². The minimum atomic E-state index is -3.62. The summed E-state index contributed by atoms with van der Waals surface area (Å²) in [5, 5.41) is 11.3. The summed E-state index contributed by atoms with van der Waals surface area (Å²) in [6.07, 6.45) is -2.85. The fourth-order valence-corrected chi connectivity index (χ4v) is 4.60. The van der Waals surface area contributed by atoms with E-state index in [1.807, 2.05) is 0 Å². The van der Waals surface area contributed by atoms with E-state index in [1.54, 1.807) is 0 Å². The molecule has 0 heterocycles. The van der Waals surface area contributed by atoms with Crippen LogP contribution in [0.2, 0.25) is 0 Å². The third-order valence-electron chi connectivity index (χ3n) is 7.25. The van der Waals surface area contributed by atoms with Crippen molar-refractivity contribution in [3.63, 3.8) is 0 Å². The van der Waals surface area contributed by atoms with Crippen LogP contribution in [0.4, 0.5) is 52.7 Å². The number of hydrogen-bond donors (Lipinski definition) is 1. The Hall–Kier alpha value is -2.58. The molecule has 0 aliphatic heterocycles. The summed E-state index contributed by atoms with van der Waals surface area (Å²) in [6.45, 7) is -6.44. The third kappa shape index (κ3) is 9.15. The van der Waals surface area contributed by atoms with Crippen molar-refractivity contribution in [2.75, 3.05) is 21.3 Å². The van der Waals surface area contributed by atoms with Gasteiger partial charge in [-0.05, 0) is 6.42 Å². The number of aliphatic hydroxyl groups is 1. The van der Waals surface area contributed by atoms with Crippen LogP contribution < -0.4 is 0 Å². The van der Waals surface area contributed by atoms with Crippen LogP contribution in [0.5, 0.6) is 0 Å². The van der Waals surface area contributed by atoms with Crippen molar-refractivity contribution in [3.05, 3.63) is 103 Å². The molecular weight excluding hydrogens is 804 g/mol. The van der Waals surface area contributed by atoms with E-state index in [-0.39, 0.29) is 26.2 Å². The van der Waals surface area contributed by atoms with Gasteiger partial charge in [-0.15, -0.1) is 0 Å². The molecular formula is C31H28F12O7Zr. The van der Waals surface area contributed by atoms with E-state index >= 15 is 0 Å². The molecule has 0 bridgehead atoms. The number of halogens is 12. The van der Waals surface area contributed by atoms with E-state index in [0.29, 0.717) is 0 Å². The second-order valence-electron chi connectivity index (χ2n) is 10.4. The SMILES string of the molecule is CCC(OCc1c(F)c(F)c(COC)c(F)c1F)C(O)(OCc1c(F)c(F)c(COC)c(F)c1F)OCc1c(F)c(F)c(COC)c(F)c1F.[Zr]. The summed E-state index contributed by atoms with van der Waals surface area (Å²) in [5.41, 5.74) is -7.98. The number of ether oxygens (including phenoxy) is 6. The molecule has 0 spiro atoms. The van der Waals surface area contributed by atoms with Crippen LogP contribution >= 0.6 is 0 Å². The topological polar surface area (TPSA) is 75.6 Å². The second kappa shape index (κ2) is 19.0. The van der Waals surface area contributed by atoms with Gasteiger partial charge in [0.05, 0.1) is 73.0 Å².